The molecule has 0 bridgehead atoms. The van der Waals surface area contributed by atoms with E-state index in [4.69, 9.17) is 5.10 Å². The van der Waals surface area contributed by atoms with E-state index in [1.807, 2.05) is 10.7 Å². The summed E-state index contributed by atoms with van der Waals surface area (Å²) in [4.78, 5) is 15.9. The molecule has 3 aromatic rings. The summed E-state index contributed by atoms with van der Waals surface area (Å²) >= 11 is 0. The van der Waals surface area contributed by atoms with Crippen LogP contribution in [0.4, 0.5) is 0 Å². The number of amides is 1. The van der Waals surface area contributed by atoms with E-state index < -0.39 is 0 Å². The molecule has 1 atom stereocenters. The minimum atomic E-state index is -0.0739. The van der Waals surface area contributed by atoms with Crippen LogP contribution in [0.15, 0.2) is 42.5 Å². The Kier molecular flexibility index (Phi) is 7.52. The van der Waals surface area contributed by atoms with E-state index in [1.54, 1.807) is 0 Å². The van der Waals surface area contributed by atoms with Crippen molar-refractivity contribution in [3.05, 3.63) is 70.4 Å². The summed E-state index contributed by atoms with van der Waals surface area (Å²) in [6, 6.07) is 15.2. The highest BCUT2D eigenvalue weighted by atomic mass is 16.2. The third kappa shape index (κ3) is 5.41. The zero-order valence-corrected chi connectivity index (χ0v) is 21.3. The smallest absolute Gasteiger partial charge is 0.270 e. The van der Waals surface area contributed by atoms with Gasteiger partial charge in [0.15, 0.2) is 0 Å². The predicted octanol–water partition coefficient (Wildman–Crippen LogP) is 5.77. The van der Waals surface area contributed by atoms with Gasteiger partial charge in [0.1, 0.15) is 5.69 Å². The second-order valence-electron chi connectivity index (χ2n) is 9.91. The van der Waals surface area contributed by atoms with E-state index in [0.29, 0.717) is 18.3 Å². The van der Waals surface area contributed by atoms with Crippen LogP contribution in [0.1, 0.15) is 65.3 Å². The summed E-state index contributed by atoms with van der Waals surface area (Å²) in [5.41, 5.74) is 8.07. The molecule has 1 aromatic heterocycles. The lowest BCUT2D eigenvalue weighted by Gasteiger charge is -2.33. The first-order chi connectivity index (χ1) is 16.3. The van der Waals surface area contributed by atoms with Crippen molar-refractivity contribution in [1.29, 1.82) is 0 Å². The first kappa shape index (κ1) is 24.2. The van der Waals surface area contributed by atoms with E-state index in [0.717, 1.165) is 41.0 Å². The fourth-order valence-corrected chi connectivity index (χ4v) is 4.78. The molecule has 1 aliphatic heterocycles. The molecule has 4 rings (SSSR count). The van der Waals surface area contributed by atoms with Crippen molar-refractivity contribution in [2.75, 3.05) is 19.6 Å². The molecule has 1 N–H and O–H groups in total. The molecular weight excluding hydrogens is 420 g/mol. The summed E-state index contributed by atoms with van der Waals surface area (Å²) in [7, 11) is 0. The number of hydrogen-bond acceptors (Lipinski definition) is 3. The Morgan fingerprint density at radius 1 is 1.00 bits per heavy atom. The summed E-state index contributed by atoms with van der Waals surface area (Å²) < 4.78 is 1.81. The Labute approximate surface area is 204 Å². The number of likely N-dealkylation sites (tertiary alicyclic amines) is 1. The Morgan fingerprint density at radius 2 is 1.79 bits per heavy atom. The summed E-state index contributed by atoms with van der Waals surface area (Å²) in [6.07, 6.45) is 4.85. The monoisotopic (exact) mass is 458 g/mol. The molecule has 2 heterocycles. The summed E-state index contributed by atoms with van der Waals surface area (Å²) in [5, 5.41) is 8.06. The van der Waals surface area contributed by atoms with Crippen LogP contribution in [0.2, 0.25) is 0 Å². The molecule has 5 nitrogen and oxygen atoms in total. The number of carbonyl (C=O) groups is 1. The minimum absolute atomic E-state index is 0.0739. The van der Waals surface area contributed by atoms with Gasteiger partial charge in [-0.05, 0) is 101 Å². The number of aromatic nitrogens is 2. The van der Waals surface area contributed by atoms with E-state index in [-0.39, 0.29) is 5.91 Å². The predicted molar refractivity (Wildman–Crippen MR) is 140 cm³/mol. The zero-order chi connectivity index (χ0) is 24.2. The standard InChI is InChI=1S/C29H38N4O/c1-20-10-11-22(3)27(17-20)33-28(19-26(31-33)25-13-12-21(2)23(4)18-25)29(34)30-14-8-16-32-15-7-6-9-24(32)5/h10-13,17-19,24H,6-9,14-16H2,1-5H3,(H,30,34). The average molecular weight is 459 g/mol. The SMILES string of the molecule is Cc1ccc(C)c(-n2nc(-c3ccc(C)c(C)c3)cc2C(=O)NCCCN2CCCCC2C)c1. The lowest BCUT2D eigenvalue weighted by Crippen LogP contribution is -2.39. The second kappa shape index (κ2) is 10.6. The maximum atomic E-state index is 13.3. The molecule has 0 spiro atoms. The maximum Gasteiger partial charge on any atom is 0.270 e. The largest absolute Gasteiger partial charge is 0.351 e. The lowest BCUT2D eigenvalue weighted by molar-refractivity contribution is 0.0941. The van der Waals surface area contributed by atoms with Crippen molar-refractivity contribution in [2.45, 2.75) is 66.3 Å². The molecule has 1 unspecified atom stereocenters. The first-order valence-electron chi connectivity index (χ1n) is 12.6. The van der Waals surface area contributed by atoms with Gasteiger partial charge >= 0.3 is 0 Å². The van der Waals surface area contributed by atoms with Crippen LogP contribution in [0.25, 0.3) is 16.9 Å². The van der Waals surface area contributed by atoms with Crippen molar-refractivity contribution >= 4 is 5.91 Å². The summed E-state index contributed by atoms with van der Waals surface area (Å²) in [6.45, 7) is 13.5. The number of rotatable bonds is 7. The van der Waals surface area contributed by atoms with Gasteiger partial charge in [0.2, 0.25) is 0 Å². The van der Waals surface area contributed by atoms with Gasteiger partial charge < -0.3 is 10.2 Å². The van der Waals surface area contributed by atoms with Crippen molar-refractivity contribution in [3.63, 3.8) is 0 Å². The van der Waals surface area contributed by atoms with Gasteiger partial charge in [0.05, 0.1) is 11.4 Å². The molecule has 180 valence electrons. The second-order valence-corrected chi connectivity index (χ2v) is 9.91. The van der Waals surface area contributed by atoms with Crippen molar-refractivity contribution in [1.82, 2.24) is 20.0 Å². The van der Waals surface area contributed by atoms with Crippen molar-refractivity contribution < 1.29 is 4.79 Å². The average Bonchev–Trinajstić information content (AvgIpc) is 3.26. The van der Waals surface area contributed by atoms with Gasteiger partial charge in [-0.15, -0.1) is 0 Å². The molecular formula is C29H38N4O. The van der Waals surface area contributed by atoms with Gasteiger partial charge in [-0.1, -0.05) is 30.7 Å². The Bertz CT molecular complexity index is 1160. The van der Waals surface area contributed by atoms with E-state index in [2.05, 4.69) is 81.2 Å². The Morgan fingerprint density at radius 3 is 2.56 bits per heavy atom. The van der Waals surface area contributed by atoms with E-state index in [1.165, 1.54) is 36.9 Å². The van der Waals surface area contributed by atoms with Crippen LogP contribution in [0.3, 0.4) is 0 Å². The van der Waals surface area contributed by atoms with Crippen molar-refractivity contribution in [3.8, 4) is 16.9 Å². The number of nitrogens with zero attached hydrogens (tertiary/aromatic N) is 3. The topological polar surface area (TPSA) is 50.2 Å². The van der Waals surface area contributed by atoms with Crippen LogP contribution >= 0.6 is 0 Å². The fourth-order valence-electron chi connectivity index (χ4n) is 4.78. The fraction of sp³-hybridized carbons (Fsp3) is 0.448. The molecule has 0 radical (unpaired) electrons. The van der Waals surface area contributed by atoms with Gasteiger partial charge in [0, 0.05) is 24.7 Å². The van der Waals surface area contributed by atoms with Gasteiger partial charge in [-0.3, -0.25) is 4.79 Å². The first-order valence-corrected chi connectivity index (χ1v) is 12.6. The Hall–Kier alpha value is -2.92. The Balaban J connectivity index is 1.56. The van der Waals surface area contributed by atoms with Crippen LogP contribution in [-0.4, -0.2) is 46.3 Å². The number of hydrogen-bond donors (Lipinski definition) is 1. The number of carbonyl (C=O) groups excluding carboxylic acids is 1. The number of aryl methyl sites for hydroxylation is 4. The number of benzene rings is 2. The minimum Gasteiger partial charge on any atom is -0.351 e. The normalized spacial score (nSPS) is 16.6. The lowest BCUT2D eigenvalue weighted by atomic mass is 10.0. The molecule has 1 amide bonds. The number of piperidine rings is 1. The molecule has 5 heteroatoms. The third-order valence-electron chi connectivity index (χ3n) is 7.19. The molecule has 34 heavy (non-hydrogen) atoms. The van der Waals surface area contributed by atoms with Crippen LogP contribution in [-0.2, 0) is 0 Å². The van der Waals surface area contributed by atoms with Crippen LogP contribution in [0, 0.1) is 27.7 Å². The molecule has 2 aromatic carbocycles. The summed E-state index contributed by atoms with van der Waals surface area (Å²) in [5.74, 6) is -0.0739. The van der Waals surface area contributed by atoms with Crippen molar-refractivity contribution in [2.24, 2.45) is 0 Å². The van der Waals surface area contributed by atoms with Gasteiger partial charge in [-0.25, -0.2) is 4.68 Å². The highest BCUT2D eigenvalue weighted by molar-refractivity contribution is 5.94. The van der Waals surface area contributed by atoms with Gasteiger partial charge in [-0.2, -0.15) is 5.10 Å². The highest BCUT2D eigenvalue weighted by Gasteiger charge is 2.20. The zero-order valence-electron chi connectivity index (χ0n) is 21.3. The van der Waals surface area contributed by atoms with E-state index >= 15 is 0 Å². The van der Waals surface area contributed by atoms with Gasteiger partial charge in [0.25, 0.3) is 5.91 Å². The molecule has 1 aliphatic rings. The van der Waals surface area contributed by atoms with E-state index in [9.17, 15) is 4.79 Å². The molecule has 0 saturated carbocycles. The van der Waals surface area contributed by atoms with Crippen LogP contribution in [0.5, 0.6) is 0 Å². The number of nitrogens with one attached hydrogen (secondary N) is 1. The highest BCUT2D eigenvalue weighted by Crippen LogP contribution is 2.26. The quantitative estimate of drug-likeness (QED) is 0.458. The molecule has 1 saturated heterocycles. The molecule has 1 fully saturated rings. The molecule has 0 aliphatic carbocycles. The third-order valence-corrected chi connectivity index (χ3v) is 7.19. The maximum absolute atomic E-state index is 13.3. The van der Waals surface area contributed by atoms with Crippen LogP contribution < -0.4 is 5.32 Å².